The van der Waals surface area contributed by atoms with Crippen LogP contribution in [-0.4, -0.2) is 11.7 Å². The summed E-state index contributed by atoms with van der Waals surface area (Å²) in [5.41, 5.74) is 8.98. The Balaban J connectivity index is 2.53. The van der Waals surface area contributed by atoms with Crippen LogP contribution in [0.3, 0.4) is 0 Å². The molecule has 0 aliphatic heterocycles. The third-order valence-electron chi connectivity index (χ3n) is 4.21. The van der Waals surface area contributed by atoms with Crippen molar-refractivity contribution in [1.29, 1.82) is 0 Å². The van der Waals surface area contributed by atoms with Gasteiger partial charge in [0.05, 0.1) is 28.6 Å². The Morgan fingerprint density at radius 1 is 1.21 bits per heavy atom. The summed E-state index contributed by atoms with van der Waals surface area (Å²) >= 11 is 6.38. The molecule has 0 saturated heterocycles. The molecule has 24 heavy (non-hydrogen) atoms. The number of benzene rings is 2. The van der Waals surface area contributed by atoms with Gasteiger partial charge in [-0.1, -0.05) is 41.9 Å². The van der Waals surface area contributed by atoms with Crippen molar-refractivity contribution in [3.8, 4) is 16.9 Å². The quantitative estimate of drug-likeness (QED) is 0.785. The fourth-order valence-electron chi connectivity index (χ4n) is 3.13. The molecule has 0 radical (unpaired) electrons. The molecule has 1 heterocycles. The van der Waals surface area contributed by atoms with Crippen LogP contribution in [0.5, 0.6) is 5.75 Å². The lowest BCUT2D eigenvalue weighted by molar-refractivity contribution is 0.415. The van der Waals surface area contributed by atoms with E-state index in [1.54, 1.807) is 13.2 Å². The number of rotatable bonds is 3. The molecule has 0 fully saturated rings. The van der Waals surface area contributed by atoms with Gasteiger partial charge < -0.3 is 15.0 Å². The van der Waals surface area contributed by atoms with Crippen molar-refractivity contribution in [2.24, 2.45) is 12.8 Å². The summed E-state index contributed by atoms with van der Waals surface area (Å²) in [6.45, 7) is 1.87. The highest BCUT2D eigenvalue weighted by atomic mass is 35.5. The van der Waals surface area contributed by atoms with Crippen LogP contribution >= 0.6 is 11.6 Å². The van der Waals surface area contributed by atoms with E-state index in [-0.39, 0.29) is 11.5 Å². The minimum Gasteiger partial charge on any atom is -0.497 e. The van der Waals surface area contributed by atoms with Gasteiger partial charge >= 0.3 is 0 Å². The van der Waals surface area contributed by atoms with Crippen LogP contribution in [0.1, 0.15) is 18.7 Å². The van der Waals surface area contributed by atoms with Crippen LogP contribution in [-0.2, 0) is 7.05 Å². The number of fused-ring (bicyclic) bond motifs is 1. The predicted molar refractivity (Wildman–Crippen MR) is 98.8 cm³/mol. The summed E-state index contributed by atoms with van der Waals surface area (Å²) in [5, 5.41) is 0.849. The average Bonchev–Trinajstić information content (AvgIpc) is 2.57. The monoisotopic (exact) mass is 342 g/mol. The molecule has 1 aromatic heterocycles. The lowest BCUT2D eigenvalue weighted by atomic mass is 9.97. The zero-order chi connectivity index (χ0) is 17.4. The summed E-state index contributed by atoms with van der Waals surface area (Å²) in [4.78, 5) is 13.2. The van der Waals surface area contributed by atoms with E-state index in [9.17, 15) is 4.79 Å². The predicted octanol–water partition coefficient (Wildman–Crippen LogP) is 3.89. The number of nitrogens with zero attached hydrogens (tertiary/aromatic N) is 1. The number of pyridine rings is 1. The molecule has 2 aromatic carbocycles. The molecule has 0 amide bonds. The van der Waals surface area contributed by atoms with Gasteiger partial charge in [0, 0.05) is 24.8 Å². The van der Waals surface area contributed by atoms with Gasteiger partial charge in [-0.15, -0.1) is 0 Å². The highest BCUT2D eigenvalue weighted by Gasteiger charge is 2.21. The van der Waals surface area contributed by atoms with Gasteiger partial charge in [0.1, 0.15) is 5.75 Å². The SMILES string of the molecule is COc1cc(Cl)c2c(=O)c(-c3ccccc3)c([C@H](C)N)n(C)c2c1. The Labute approximate surface area is 145 Å². The van der Waals surface area contributed by atoms with E-state index < -0.39 is 0 Å². The van der Waals surface area contributed by atoms with Gasteiger partial charge in [0.2, 0.25) is 0 Å². The van der Waals surface area contributed by atoms with E-state index in [0.29, 0.717) is 27.2 Å². The van der Waals surface area contributed by atoms with E-state index >= 15 is 0 Å². The second-order valence-electron chi connectivity index (χ2n) is 5.81. The second-order valence-corrected chi connectivity index (χ2v) is 6.21. The Morgan fingerprint density at radius 3 is 2.46 bits per heavy atom. The minimum atomic E-state index is -0.313. The summed E-state index contributed by atoms with van der Waals surface area (Å²) in [7, 11) is 3.46. The van der Waals surface area contributed by atoms with Crippen LogP contribution < -0.4 is 15.9 Å². The smallest absolute Gasteiger partial charge is 0.199 e. The fraction of sp³-hybridized carbons (Fsp3) is 0.211. The maximum atomic E-state index is 13.2. The molecule has 2 N–H and O–H groups in total. The molecule has 0 aliphatic rings. The maximum absolute atomic E-state index is 13.2. The van der Waals surface area contributed by atoms with Gasteiger partial charge in [-0.3, -0.25) is 4.79 Å². The maximum Gasteiger partial charge on any atom is 0.199 e. The van der Waals surface area contributed by atoms with E-state index in [1.165, 1.54) is 0 Å². The van der Waals surface area contributed by atoms with Crippen LogP contribution in [0.15, 0.2) is 47.3 Å². The van der Waals surface area contributed by atoms with Crippen LogP contribution in [0.25, 0.3) is 22.0 Å². The Bertz CT molecular complexity index is 963. The number of aromatic nitrogens is 1. The van der Waals surface area contributed by atoms with Crippen molar-refractivity contribution in [1.82, 2.24) is 4.57 Å². The van der Waals surface area contributed by atoms with E-state index in [1.807, 2.05) is 54.9 Å². The van der Waals surface area contributed by atoms with Gasteiger partial charge in [-0.25, -0.2) is 0 Å². The Hall–Kier alpha value is -2.30. The van der Waals surface area contributed by atoms with Crippen molar-refractivity contribution in [2.75, 3.05) is 7.11 Å². The lowest BCUT2D eigenvalue weighted by Crippen LogP contribution is -2.22. The number of ether oxygens (including phenoxy) is 1. The molecule has 0 bridgehead atoms. The van der Waals surface area contributed by atoms with Crippen LogP contribution in [0, 0.1) is 0 Å². The average molecular weight is 343 g/mol. The van der Waals surface area contributed by atoms with E-state index in [0.717, 1.165) is 11.3 Å². The second kappa shape index (κ2) is 6.30. The topological polar surface area (TPSA) is 57.2 Å². The van der Waals surface area contributed by atoms with Crippen molar-refractivity contribution in [3.63, 3.8) is 0 Å². The molecule has 5 heteroatoms. The standard InChI is InChI=1S/C19H19ClN2O2/c1-11(21)18-16(12-7-5-4-6-8-12)19(23)17-14(20)9-13(24-3)10-15(17)22(18)2/h4-11H,21H2,1-3H3/t11-/m0/s1. The molecule has 0 saturated carbocycles. The van der Waals surface area contributed by atoms with Gasteiger partial charge in [-0.2, -0.15) is 0 Å². The third-order valence-corrected chi connectivity index (χ3v) is 4.50. The molecular weight excluding hydrogens is 324 g/mol. The molecule has 3 rings (SSSR count). The molecule has 0 aliphatic carbocycles. The number of nitrogens with two attached hydrogens (primary N) is 1. The highest BCUT2D eigenvalue weighted by molar-refractivity contribution is 6.35. The van der Waals surface area contributed by atoms with Crippen molar-refractivity contribution >= 4 is 22.5 Å². The minimum absolute atomic E-state index is 0.116. The van der Waals surface area contributed by atoms with Crippen LogP contribution in [0.2, 0.25) is 5.02 Å². The largest absolute Gasteiger partial charge is 0.497 e. The van der Waals surface area contributed by atoms with Gasteiger partial charge in [0.25, 0.3) is 0 Å². The van der Waals surface area contributed by atoms with Gasteiger partial charge in [0.15, 0.2) is 5.43 Å². The first-order valence-electron chi connectivity index (χ1n) is 7.66. The molecule has 3 aromatic rings. The summed E-state index contributed by atoms with van der Waals surface area (Å²) < 4.78 is 7.21. The molecular formula is C19H19ClN2O2. The summed E-state index contributed by atoms with van der Waals surface area (Å²) in [6, 6.07) is 12.7. The number of halogens is 1. The zero-order valence-electron chi connectivity index (χ0n) is 13.8. The highest BCUT2D eigenvalue weighted by Crippen LogP contribution is 2.32. The van der Waals surface area contributed by atoms with Gasteiger partial charge in [-0.05, 0) is 18.6 Å². The van der Waals surface area contributed by atoms with Crippen molar-refractivity contribution < 1.29 is 4.74 Å². The van der Waals surface area contributed by atoms with Crippen LogP contribution in [0.4, 0.5) is 0 Å². The molecule has 0 unspecified atom stereocenters. The number of hydrogen-bond donors (Lipinski definition) is 1. The zero-order valence-corrected chi connectivity index (χ0v) is 14.6. The Kier molecular flexibility index (Phi) is 4.35. The number of methoxy groups -OCH3 is 1. The molecule has 0 spiro atoms. The van der Waals surface area contributed by atoms with E-state index in [4.69, 9.17) is 22.1 Å². The van der Waals surface area contributed by atoms with Crippen molar-refractivity contribution in [2.45, 2.75) is 13.0 Å². The third kappa shape index (κ3) is 2.58. The molecule has 124 valence electrons. The molecule has 1 atom stereocenters. The summed E-state index contributed by atoms with van der Waals surface area (Å²) in [6.07, 6.45) is 0. The fourth-order valence-corrected chi connectivity index (χ4v) is 3.42. The normalized spacial score (nSPS) is 12.4. The number of aryl methyl sites for hydroxylation is 1. The molecule has 4 nitrogen and oxygen atoms in total. The first kappa shape index (κ1) is 16.6. The first-order chi connectivity index (χ1) is 11.5. The Morgan fingerprint density at radius 2 is 1.88 bits per heavy atom. The number of hydrogen-bond acceptors (Lipinski definition) is 3. The summed E-state index contributed by atoms with van der Waals surface area (Å²) in [5.74, 6) is 0.602. The van der Waals surface area contributed by atoms with E-state index in [2.05, 4.69) is 0 Å². The van der Waals surface area contributed by atoms with Crippen molar-refractivity contribution in [3.05, 3.63) is 63.4 Å². The first-order valence-corrected chi connectivity index (χ1v) is 8.04. The lowest BCUT2D eigenvalue weighted by Gasteiger charge is -2.21.